The molecule has 7 nitrogen and oxygen atoms in total. The molecule has 23 heavy (non-hydrogen) atoms. The summed E-state index contributed by atoms with van der Waals surface area (Å²) in [7, 11) is 0. The maximum absolute atomic E-state index is 12.8. The Balaban J connectivity index is 2.07. The minimum Gasteiger partial charge on any atom is -0.480 e. The molecule has 0 aromatic heterocycles. The third kappa shape index (κ3) is 3.20. The van der Waals surface area contributed by atoms with E-state index in [0.29, 0.717) is 18.8 Å². The topological polar surface area (TPSA) is 90.0 Å². The molecule has 0 saturated carbocycles. The van der Waals surface area contributed by atoms with Crippen LogP contribution < -0.4 is 5.32 Å². The second-order valence-corrected chi connectivity index (χ2v) is 7.54. The average Bonchev–Trinajstić information content (AvgIpc) is 2.69. The van der Waals surface area contributed by atoms with E-state index >= 15 is 0 Å². The van der Waals surface area contributed by atoms with Crippen LogP contribution in [0.2, 0.25) is 0 Å². The lowest BCUT2D eigenvalue weighted by Gasteiger charge is -2.38. The van der Waals surface area contributed by atoms with Crippen molar-refractivity contribution in [3.8, 4) is 0 Å². The number of aliphatic carboxylic acids is 1. The lowest BCUT2D eigenvalue weighted by molar-refractivity contribution is -0.154. The molecule has 0 bridgehead atoms. The number of hydrogen-bond donors (Lipinski definition) is 2. The number of urea groups is 1. The fourth-order valence-electron chi connectivity index (χ4n) is 3.16. The summed E-state index contributed by atoms with van der Waals surface area (Å²) in [6.45, 7) is 9.57. The number of amides is 3. The monoisotopic (exact) mass is 325 g/mol. The van der Waals surface area contributed by atoms with E-state index < -0.39 is 29.0 Å². The number of carboxylic acid groups (broad SMARTS) is 1. The van der Waals surface area contributed by atoms with Crippen LogP contribution in [0.4, 0.5) is 4.79 Å². The molecule has 2 rings (SSSR count). The molecule has 3 amide bonds. The molecule has 1 spiro atoms. The third-order valence-corrected chi connectivity index (χ3v) is 4.98. The van der Waals surface area contributed by atoms with Crippen LogP contribution in [0.15, 0.2) is 0 Å². The molecule has 2 aliphatic heterocycles. The molecule has 2 fully saturated rings. The first-order valence-electron chi connectivity index (χ1n) is 8.23. The number of nitrogens with zero attached hydrogens (tertiary/aromatic N) is 2. The highest BCUT2D eigenvalue weighted by molar-refractivity contribution is 6.10. The Kier molecular flexibility index (Phi) is 4.71. The fourth-order valence-corrected chi connectivity index (χ4v) is 3.16. The fraction of sp³-hybridized carbons (Fsp3) is 0.812. The summed E-state index contributed by atoms with van der Waals surface area (Å²) >= 11 is 0. The maximum Gasteiger partial charge on any atom is 0.329 e. The molecule has 0 radical (unpaired) electrons. The molecular weight excluding hydrogens is 298 g/mol. The van der Waals surface area contributed by atoms with E-state index in [-0.39, 0.29) is 0 Å². The van der Waals surface area contributed by atoms with Gasteiger partial charge in [-0.3, -0.25) is 4.79 Å². The van der Waals surface area contributed by atoms with Crippen LogP contribution in [-0.4, -0.2) is 63.5 Å². The predicted octanol–water partition coefficient (Wildman–Crippen LogP) is 1.28. The summed E-state index contributed by atoms with van der Waals surface area (Å²) in [5.74, 6) is -0.962. The van der Waals surface area contributed by atoms with Gasteiger partial charge in [-0.15, -0.1) is 0 Å². The lowest BCUT2D eigenvalue weighted by atomic mass is 9.86. The van der Waals surface area contributed by atoms with Crippen LogP contribution >= 0.6 is 0 Å². The average molecular weight is 325 g/mol. The molecule has 0 aromatic carbocycles. The van der Waals surface area contributed by atoms with Crippen molar-refractivity contribution in [2.45, 2.75) is 58.0 Å². The zero-order valence-corrected chi connectivity index (χ0v) is 14.4. The van der Waals surface area contributed by atoms with E-state index in [1.54, 1.807) is 0 Å². The number of rotatable bonds is 5. The van der Waals surface area contributed by atoms with Crippen molar-refractivity contribution in [3.05, 3.63) is 0 Å². The predicted molar refractivity (Wildman–Crippen MR) is 85.0 cm³/mol. The minimum absolute atomic E-state index is 0.404. The molecule has 130 valence electrons. The molecule has 0 unspecified atom stereocenters. The number of likely N-dealkylation sites (tertiary alicyclic amines) is 1. The van der Waals surface area contributed by atoms with Crippen molar-refractivity contribution in [2.75, 3.05) is 19.6 Å². The van der Waals surface area contributed by atoms with E-state index in [1.165, 1.54) is 13.8 Å². The number of hydrogen-bond acceptors (Lipinski definition) is 4. The summed E-state index contributed by atoms with van der Waals surface area (Å²) in [6, 6.07) is -0.599. The second kappa shape index (κ2) is 6.11. The third-order valence-electron chi connectivity index (χ3n) is 4.98. The van der Waals surface area contributed by atoms with Crippen molar-refractivity contribution in [3.63, 3.8) is 0 Å². The van der Waals surface area contributed by atoms with Gasteiger partial charge in [0.1, 0.15) is 11.1 Å². The van der Waals surface area contributed by atoms with Gasteiger partial charge < -0.3 is 15.3 Å². The number of piperidine rings is 1. The first kappa shape index (κ1) is 17.7. The van der Waals surface area contributed by atoms with Gasteiger partial charge in [0.25, 0.3) is 5.91 Å². The maximum atomic E-state index is 12.8. The van der Waals surface area contributed by atoms with E-state index in [0.717, 1.165) is 31.0 Å². The SMILES string of the molecule is CC(C)CCN1CCC2(CC1)NC(=O)N(C(C)(C)C(=O)O)C2=O. The van der Waals surface area contributed by atoms with Crippen LogP contribution in [0.1, 0.15) is 47.0 Å². The van der Waals surface area contributed by atoms with Gasteiger partial charge in [0, 0.05) is 13.1 Å². The smallest absolute Gasteiger partial charge is 0.329 e. The molecule has 2 aliphatic rings. The zero-order chi connectivity index (χ0) is 17.4. The van der Waals surface area contributed by atoms with Gasteiger partial charge in [-0.25, -0.2) is 14.5 Å². The van der Waals surface area contributed by atoms with E-state index in [2.05, 4.69) is 24.1 Å². The minimum atomic E-state index is -1.54. The van der Waals surface area contributed by atoms with Crippen molar-refractivity contribution >= 4 is 17.9 Å². The first-order chi connectivity index (χ1) is 10.6. The number of carbonyl (C=O) groups is 3. The summed E-state index contributed by atoms with van der Waals surface area (Å²) in [6.07, 6.45) is 2.16. The molecule has 0 aliphatic carbocycles. The summed E-state index contributed by atoms with van der Waals surface area (Å²) in [5.41, 5.74) is -2.47. The van der Waals surface area contributed by atoms with Crippen LogP contribution in [0, 0.1) is 5.92 Å². The largest absolute Gasteiger partial charge is 0.480 e. The molecule has 2 saturated heterocycles. The Labute approximate surface area is 137 Å². The first-order valence-corrected chi connectivity index (χ1v) is 8.23. The second-order valence-electron chi connectivity index (χ2n) is 7.54. The summed E-state index contributed by atoms with van der Waals surface area (Å²) in [5, 5.41) is 12.1. The quantitative estimate of drug-likeness (QED) is 0.743. The Morgan fingerprint density at radius 1 is 1.30 bits per heavy atom. The van der Waals surface area contributed by atoms with Gasteiger partial charge in [0.15, 0.2) is 0 Å². The molecule has 2 N–H and O–H groups in total. The summed E-state index contributed by atoms with van der Waals surface area (Å²) < 4.78 is 0. The van der Waals surface area contributed by atoms with Gasteiger partial charge in [0.2, 0.25) is 0 Å². The van der Waals surface area contributed by atoms with Crippen molar-refractivity contribution in [1.82, 2.24) is 15.1 Å². The highest BCUT2D eigenvalue weighted by Gasteiger charge is 2.57. The van der Waals surface area contributed by atoms with Crippen LogP contribution in [0.25, 0.3) is 0 Å². The van der Waals surface area contributed by atoms with E-state index in [1.807, 2.05) is 0 Å². The van der Waals surface area contributed by atoms with Crippen molar-refractivity contribution in [1.29, 1.82) is 0 Å². The Hall–Kier alpha value is -1.63. The number of nitrogens with one attached hydrogen (secondary N) is 1. The van der Waals surface area contributed by atoms with Crippen LogP contribution in [0.3, 0.4) is 0 Å². The molecule has 7 heteroatoms. The zero-order valence-electron chi connectivity index (χ0n) is 14.4. The lowest BCUT2D eigenvalue weighted by Crippen LogP contribution is -2.57. The highest BCUT2D eigenvalue weighted by atomic mass is 16.4. The highest BCUT2D eigenvalue weighted by Crippen LogP contribution is 2.33. The molecule has 0 atom stereocenters. The Bertz CT molecular complexity index is 507. The molecule has 2 heterocycles. The van der Waals surface area contributed by atoms with Crippen molar-refractivity contribution in [2.24, 2.45) is 5.92 Å². The Morgan fingerprint density at radius 3 is 2.35 bits per heavy atom. The van der Waals surface area contributed by atoms with Gasteiger partial charge in [-0.2, -0.15) is 0 Å². The van der Waals surface area contributed by atoms with Gasteiger partial charge in [-0.1, -0.05) is 13.8 Å². The number of carboxylic acids is 1. The van der Waals surface area contributed by atoms with Crippen molar-refractivity contribution < 1.29 is 19.5 Å². The van der Waals surface area contributed by atoms with Gasteiger partial charge in [-0.05, 0) is 45.6 Å². The van der Waals surface area contributed by atoms with E-state index in [9.17, 15) is 19.5 Å². The van der Waals surface area contributed by atoms with Crippen LogP contribution in [-0.2, 0) is 9.59 Å². The number of imide groups is 1. The summed E-state index contributed by atoms with van der Waals surface area (Å²) in [4.78, 5) is 39.6. The van der Waals surface area contributed by atoms with Gasteiger partial charge >= 0.3 is 12.0 Å². The number of carbonyl (C=O) groups excluding carboxylic acids is 2. The standard InChI is InChI=1S/C16H27N3O4/c1-11(2)5-8-18-9-6-16(7-10-18)12(20)19(14(23)17-16)15(3,4)13(21)22/h11H,5-10H2,1-4H3,(H,17,23)(H,21,22). The molecule has 0 aromatic rings. The molecular formula is C16H27N3O4. The van der Waals surface area contributed by atoms with E-state index in [4.69, 9.17) is 0 Å². The normalized spacial score (nSPS) is 22.0. The Morgan fingerprint density at radius 2 is 1.87 bits per heavy atom. The van der Waals surface area contributed by atoms with Gasteiger partial charge in [0.05, 0.1) is 0 Å². The van der Waals surface area contributed by atoms with Crippen LogP contribution in [0.5, 0.6) is 0 Å².